The summed E-state index contributed by atoms with van der Waals surface area (Å²) in [5, 5.41) is 8.98. The molecule has 0 fully saturated rings. The number of aromatic hydroxyl groups is 1. The van der Waals surface area contributed by atoms with Crippen LogP contribution in [0.3, 0.4) is 0 Å². The van der Waals surface area contributed by atoms with Crippen molar-refractivity contribution in [2.75, 3.05) is 0 Å². The molecule has 5 N–H and O–H groups in total. The SMILES string of the molecule is N/C=C(/N)Cc1ccc(O)cc1. The van der Waals surface area contributed by atoms with Gasteiger partial charge in [0, 0.05) is 18.3 Å². The topological polar surface area (TPSA) is 72.3 Å². The van der Waals surface area contributed by atoms with Gasteiger partial charge in [0.1, 0.15) is 5.75 Å². The molecule has 0 amide bonds. The maximum atomic E-state index is 8.98. The van der Waals surface area contributed by atoms with Gasteiger partial charge in [-0.05, 0) is 17.7 Å². The van der Waals surface area contributed by atoms with E-state index in [9.17, 15) is 0 Å². The lowest BCUT2D eigenvalue weighted by molar-refractivity contribution is 0.475. The second-order valence-corrected chi connectivity index (χ2v) is 2.58. The van der Waals surface area contributed by atoms with Crippen LogP contribution in [0, 0.1) is 0 Å². The molecule has 0 spiro atoms. The highest BCUT2D eigenvalue weighted by molar-refractivity contribution is 5.28. The standard InChI is InChI=1S/C9H12N2O/c10-6-8(11)5-7-1-3-9(12)4-2-7/h1-4,6,12H,5,10-11H2/b8-6+. The predicted molar refractivity (Wildman–Crippen MR) is 48.3 cm³/mol. The molecular weight excluding hydrogens is 152 g/mol. The minimum Gasteiger partial charge on any atom is -0.508 e. The van der Waals surface area contributed by atoms with E-state index in [0.29, 0.717) is 12.1 Å². The van der Waals surface area contributed by atoms with Gasteiger partial charge in [0.2, 0.25) is 0 Å². The minimum atomic E-state index is 0.258. The van der Waals surface area contributed by atoms with E-state index in [2.05, 4.69) is 0 Å². The highest BCUT2D eigenvalue weighted by atomic mass is 16.3. The zero-order valence-corrected chi connectivity index (χ0v) is 6.70. The van der Waals surface area contributed by atoms with E-state index >= 15 is 0 Å². The van der Waals surface area contributed by atoms with Crippen LogP contribution in [0.15, 0.2) is 36.2 Å². The Bertz CT molecular complexity index is 277. The molecule has 1 aromatic carbocycles. The summed E-state index contributed by atoms with van der Waals surface area (Å²) < 4.78 is 0. The quantitative estimate of drug-likeness (QED) is 0.602. The van der Waals surface area contributed by atoms with Crippen LogP contribution >= 0.6 is 0 Å². The van der Waals surface area contributed by atoms with Gasteiger partial charge in [-0.1, -0.05) is 12.1 Å². The fraction of sp³-hybridized carbons (Fsp3) is 0.111. The van der Waals surface area contributed by atoms with Gasteiger partial charge in [0.15, 0.2) is 0 Å². The number of benzene rings is 1. The van der Waals surface area contributed by atoms with Crippen LogP contribution in [0.2, 0.25) is 0 Å². The predicted octanol–water partition coefficient (Wildman–Crippen LogP) is 0.694. The molecule has 12 heavy (non-hydrogen) atoms. The van der Waals surface area contributed by atoms with Gasteiger partial charge in [0.05, 0.1) is 0 Å². The Balaban J connectivity index is 2.71. The number of allylic oxidation sites excluding steroid dienone is 1. The first-order valence-electron chi connectivity index (χ1n) is 3.66. The smallest absolute Gasteiger partial charge is 0.115 e. The average Bonchev–Trinajstić information content (AvgIpc) is 2.09. The Morgan fingerprint density at radius 3 is 2.42 bits per heavy atom. The highest BCUT2D eigenvalue weighted by Gasteiger charge is 1.94. The Morgan fingerprint density at radius 1 is 1.33 bits per heavy atom. The van der Waals surface area contributed by atoms with Crippen molar-refractivity contribution < 1.29 is 5.11 Å². The summed E-state index contributed by atoms with van der Waals surface area (Å²) in [7, 11) is 0. The summed E-state index contributed by atoms with van der Waals surface area (Å²) in [4.78, 5) is 0. The fourth-order valence-electron chi connectivity index (χ4n) is 0.908. The van der Waals surface area contributed by atoms with Crippen molar-refractivity contribution >= 4 is 0 Å². The van der Waals surface area contributed by atoms with Crippen LogP contribution in [-0.2, 0) is 6.42 Å². The first kappa shape index (κ1) is 8.46. The lowest BCUT2D eigenvalue weighted by atomic mass is 10.1. The average molecular weight is 164 g/mol. The molecule has 0 aliphatic heterocycles. The van der Waals surface area contributed by atoms with E-state index in [4.69, 9.17) is 16.6 Å². The van der Waals surface area contributed by atoms with Crippen molar-refractivity contribution in [3.8, 4) is 5.75 Å². The zero-order valence-electron chi connectivity index (χ0n) is 6.70. The summed E-state index contributed by atoms with van der Waals surface area (Å²) in [6.45, 7) is 0. The van der Waals surface area contributed by atoms with Crippen LogP contribution in [0.4, 0.5) is 0 Å². The van der Waals surface area contributed by atoms with Gasteiger partial charge < -0.3 is 16.6 Å². The van der Waals surface area contributed by atoms with E-state index < -0.39 is 0 Å². The molecule has 0 heterocycles. The summed E-state index contributed by atoms with van der Waals surface area (Å²) in [6.07, 6.45) is 2.00. The monoisotopic (exact) mass is 164 g/mol. The van der Waals surface area contributed by atoms with Crippen molar-refractivity contribution in [2.45, 2.75) is 6.42 Å². The molecule has 64 valence electrons. The number of phenolic OH excluding ortho intramolecular Hbond substituents is 1. The van der Waals surface area contributed by atoms with E-state index in [1.165, 1.54) is 6.20 Å². The van der Waals surface area contributed by atoms with Crippen LogP contribution in [0.1, 0.15) is 5.56 Å². The van der Waals surface area contributed by atoms with Crippen LogP contribution in [0.5, 0.6) is 5.75 Å². The number of hydrogen-bond acceptors (Lipinski definition) is 3. The molecule has 0 bridgehead atoms. The Labute approximate surface area is 71.3 Å². The molecular formula is C9H12N2O. The van der Waals surface area contributed by atoms with Gasteiger partial charge in [-0.15, -0.1) is 0 Å². The van der Waals surface area contributed by atoms with E-state index in [1.807, 2.05) is 12.1 Å². The maximum absolute atomic E-state index is 8.98. The normalized spacial score (nSPS) is 11.5. The molecule has 1 rings (SSSR count). The lowest BCUT2D eigenvalue weighted by Crippen LogP contribution is -2.03. The molecule has 0 radical (unpaired) electrons. The van der Waals surface area contributed by atoms with Crippen molar-refractivity contribution in [1.29, 1.82) is 0 Å². The minimum absolute atomic E-state index is 0.258. The third kappa shape index (κ3) is 2.20. The summed E-state index contributed by atoms with van der Waals surface area (Å²) in [6, 6.07) is 6.87. The first-order valence-corrected chi connectivity index (χ1v) is 3.66. The van der Waals surface area contributed by atoms with E-state index in [1.54, 1.807) is 12.1 Å². The van der Waals surface area contributed by atoms with Gasteiger partial charge in [-0.2, -0.15) is 0 Å². The molecule has 1 aromatic rings. The Hall–Kier alpha value is -1.64. The molecule has 0 aromatic heterocycles. The van der Waals surface area contributed by atoms with Crippen molar-refractivity contribution in [1.82, 2.24) is 0 Å². The highest BCUT2D eigenvalue weighted by Crippen LogP contribution is 2.11. The first-order chi connectivity index (χ1) is 5.72. The lowest BCUT2D eigenvalue weighted by Gasteiger charge is -2.00. The third-order valence-corrected chi connectivity index (χ3v) is 1.56. The maximum Gasteiger partial charge on any atom is 0.115 e. The van der Waals surface area contributed by atoms with Gasteiger partial charge >= 0.3 is 0 Å². The molecule has 3 nitrogen and oxygen atoms in total. The number of hydrogen-bond donors (Lipinski definition) is 3. The molecule has 0 atom stereocenters. The van der Waals surface area contributed by atoms with Crippen LogP contribution < -0.4 is 11.5 Å². The molecule has 0 saturated heterocycles. The van der Waals surface area contributed by atoms with Crippen LogP contribution in [0.25, 0.3) is 0 Å². The summed E-state index contributed by atoms with van der Waals surface area (Å²) in [5.74, 6) is 0.258. The summed E-state index contributed by atoms with van der Waals surface area (Å²) in [5.41, 5.74) is 12.4. The molecule has 3 heteroatoms. The number of phenols is 1. The number of nitrogens with two attached hydrogens (primary N) is 2. The van der Waals surface area contributed by atoms with Crippen molar-refractivity contribution in [3.05, 3.63) is 41.7 Å². The van der Waals surface area contributed by atoms with Crippen molar-refractivity contribution in [3.63, 3.8) is 0 Å². The van der Waals surface area contributed by atoms with Crippen molar-refractivity contribution in [2.24, 2.45) is 11.5 Å². The molecule has 0 aliphatic rings. The van der Waals surface area contributed by atoms with Gasteiger partial charge in [0.25, 0.3) is 0 Å². The third-order valence-electron chi connectivity index (χ3n) is 1.56. The van der Waals surface area contributed by atoms with E-state index in [0.717, 1.165) is 5.56 Å². The van der Waals surface area contributed by atoms with Gasteiger partial charge in [-0.25, -0.2) is 0 Å². The zero-order chi connectivity index (χ0) is 8.97. The summed E-state index contributed by atoms with van der Waals surface area (Å²) >= 11 is 0. The van der Waals surface area contributed by atoms with Gasteiger partial charge in [-0.3, -0.25) is 0 Å². The molecule has 0 saturated carbocycles. The molecule has 0 aliphatic carbocycles. The molecule has 0 unspecified atom stereocenters. The second-order valence-electron chi connectivity index (χ2n) is 2.58. The largest absolute Gasteiger partial charge is 0.508 e. The Morgan fingerprint density at radius 2 is 1.92 bits per heavy atom. The van der Waals surface area contributed by atoms with E-state index in [-0.39, 0.29) is 5.75 Å². The number of rotatable bonds is 2. The fourth-order valence-corrected chi connectivity index (χ4v) is 0.908. The van der Waals surface area contributed by atoms with Crippen LogP contribution in [-0.4, -0.2) is 5.11 Å². The Kier molecular flexibility index (Phi) is 2.58. The second kappa shape index (κ2) is 3.67.